The van der Waals surface area contributed by atoms with Gasteiger partial charge in [-0.1, -0.05) is 35.1 Å². The van der Waals surface area contributed by atoms with Crippen LogP contribution in [0.25, 0.3) is 10.9 Å². The van der Waals surface area contributed by atoms with Crippen LogP contribution in [0.3, 0.4) is 0 Å². The lowest BCUT2D eigenvalue weighted by molar-refractivity contribution is 0.0695. The number of anilines is 1. The summed E-state index contributed by atoms with van der Waals surface area (Å²) < 4.78 is 19.5. The molecule has 1 aliphatic heterocycles. The first-order chi connectivity index (χ1) is 19.3. The molecule has 4 aromatic rings. The number of rotatable bonds is 7. The first-order valence-electron chi connectivity index (χ1n) is 12.7. The van der Waals surface area contributed by atoms with E-state index < -0.39 is 17.2 Å². The van der Waals surface area contributed by atoms with Crippen LogP contribution < -0.4 is 10.3 Å². The molecule has 206 valence electrons. The average molecular weight is 599 g/mol. The molecule has 0 atom stereocenters. The Bertz CT molecular complexity index is 1760. The lowest BCUT2D eigenvalue weighted by Gasteiger charge is -2.36. The summed E-state index contributed by atoms with van der Waals surface area (Å²) in [5.41, 5.74) is 0.890. The highest BCUT2D eigenvalue weighted by Crippen LogP contribution is 2.38. The monoisotopic (exact) mass is 598 g/mol. The van der Waals surface area contributed by atoms with Gasteiger partial charge in [0.25, 0.3) is 0 Å². The van der Waals surface area contributed by atoms with E-state index in [0.717, 1.165) is 18.4 Å². The number of piperazine rings is 1. The van der Waals surface area contributed by atoms with E-state index in [4.69, 9.17) is 23.8 Å². The van der Waals surface area contributed by atoms with Crippen molar-refractivity contribution in [1.29, 1.82) is 0 Å². The summed E-state index contributed by atoms with van der Waals surface area (Å²) in [6.45, 7) is 2.96. The molecule has 0 amide bonds. The van der Waals surface area contributed by atoms with Gasteiger partial charge in [0.05, 0.1) is 17.9 Å². The number of halogens is 2. The van der Waals surface area contributed by atoms with Gasteiger partial charge in [-0.25, -0.2) is 18.9 Å². The number of hydrogen-bond acceptors (Lipinski definition) is 8. The Morgan fingerprint density at radius 1 is 1.20 bits per heavy atom. The van der Waals surface area contributed by atoms with Gasteiger partial charge in [-0.15, -0.1) is 5.10 Å². The van der Waals surface area contributed by atoms with Gasteiger partial charge in [0.15, 0.2) is 3.95 Å². The van der Waals surface area contributed by atoms with Gasteiger partial charge in [0, 0.05) is 55.0 Å². The normalized spacial score (nSPS) is 16.3. The zero-order valence-electron chi connectivity index (χ0n) is 21.2. The second kappa shape index (κ2) is 10.8. The number of carboxylic acids is 1. The molecule has 3 heterocycles. The van der Waals surface area contributed by atoms with Crippen LogP contribution in [0.4, 0.5) is 15.2 Å². The maximum Gasteiger partial charge on any atom is 0.341 e. The van der Waals surface area contributed by atoms with Crippen molar-refractivity contribution in [3.05, 3.63) is 78.7 Å². The smallest absolute Gasteiger partial charge is 0.341 e. The van der Waals surface area contributed by atoms with Crippen LogP contribution in [0, 0.1) is 9.77 Å². The van der Waals surface area contributed by atoms with E-state index >= 15 is 4.39 Å². The predicted molar refractivity (Wildman–Crippen MR) is 157 cm³/mol. The quantitative estimate of drug-likeness (QED) is 0.226. The number of benzene rings is 2. The number of carbonyl (C=O) groups is 1. The van der Waals surface area contributed by atoms with Gasteiger partial charge < -0.3 is 14.6 Å². The minimum Gasteiger partial charge on any atom is -0.477 e. The second-order valence-corrected chi connectivity index (χ2v) is 11.9. The standard InChI is InChI=1S/C27H24ClFN6O3S2/c28-17-3-1-16(2-4-17)13-30-26-31-35(27(39)40-26)15-32-7-9-33(10-8-32)23-12-22-19(11-21(23)29)24(36)20(25(37)38)14-34(22)18-5-6-18/h1-4,11-14,18H,5-10,15H2,(H,37,38). The van der Waals surface area contributed by atoms with Gasteiger partial charge in [-0.3, -0.25) is 9.69 Å². The molecule has 0 unspecified atom stereocenters. The minimum atomic E-state index is -1.30. The van der Waals surface area contributed by atoms with Crippen LogP contribution in [0.15, 0.2) is 52.4 Å². The molecule has 2 aromatic heterocycles. The summed E-state index contributed by atoms with van der Waals surface area (Å²) in [6.07, 6.45) is 4.91. The number of carboxylic acid groups (broad SMARTS) is 1. The maximum atomic E-state index is 15.3. The van der Waals surface area contributed by atoms with Crippen LogP contribution >= 0.6 is 35.2 Å². The number of aromatic carboxylic acids is 1. The summed E-state index contributed by atoms with van der Waals surface area (Å²) >= 11 is 12.8. The van der Waals surface area contributed by atoms with E-state index in [1.54, 1.807) is 29.1 Å². The highest BCUT2D eigenvalue weighted by atomic mass is 35.5. The van der Waals surface area contributed by atoms with Gasteiger partial charge in [0.1, 0.15) is 11.4 Å². The van der Waals surface area contributed by atoms with Crippen molar-refractivity contribution in [2.24, 2.45) is 4.99 Å². The first kappa shape index (κ1) is 26.8. The third-order valence-electron chi connectivity index (χ3n) is 7.11. The molecule has 2 aliphatic rings. The number of nitrogens with zero attached hydrogens (tertiary/aromatic N) is 6. The van der Waals surface area contributed by atoms with Crippen LogP contribution in [-0.2, 0) is 6.67 Å². The second-order valence-electron chi connectivity index (χ2n) is 9.84. The van der Waals surface area contributed by atoms with Gasteiger partial charge >= 0.3 is 5.97 Å². The molecule has 0 bridgehead atoms. The summed E-state index contributed by atoms with van der Waals surface area (Å²) in [5, 5.41) is 15.3. The Kier molecular flexibility index (Phi) is 7.26. The van der Waals surface area contributed by atoms with Crippen molar-refractivity contribution in [1.82, 2.24) is 19.2 Å². The molecule has 2 aromatic carbocycles. The molecule has 1 N–H and O–H groups in total. The molecule has 0 spiro atoms. The molecule has 0 radical (unpaired) electrons. The molecule has 9 nitrogen and oxygen atoms in total. The van der Waals surface area contributed by atoms with Crippen LogP contribution in [0.2, 0.25) is 5.02 Å². The summed E-state index contributed by atoms with van der Waals surface area (Å²) in [7, 11) is 0. The SMILES string of the molecule is O=C(O)c1cn(C2CC2)c2cc(N3CCN(Cn4nc(N=Cc5ccc(Cl)cc5)sc4=S)CC3)c(F)cc2c1=O. The largest absolute Gasteiger partial charge is 0.477 e. The highest BCUT2D eigenvalue weighted by Gasteiger charge is 2.28. The van der Waals surface area contributed by atoms with Crippen molar-refractivity contribution in [2.45, 2.75) is 25.6 Å². The predicted octanol–water partition coefficient (Wildman–Crippen LogP) is 5.34. The van der Waals surface area contributed by atoms with Crippen molar-refractivity contribution >= 4 is 69.1 Å². The minimum absolute atomic E-state index is 0.0964. The average Bonchev–Trinajstić information content (AvgIpc) is 3.72. The third kappa shape index (κ3) is 5.44. The van der Waals surface area contributed by atoms with Crippen molar-refractivity contribution in [3.63, 3.8) is 0 Å². The molecule has 1 saturated carbocycles. The van der Waals surface area contributed by atoms with Gasteiger partial charge in [0.2, 0.25) is 10.6 Å². The fourth-order valence-corrected chi connectivity index (χ4v) is 5.90. The number of fused-ring (bicyclic) bond motifs is 1. The van der Waals surface area contributed by atoms with E-state index in [0.29, 0.717) is 58.2 Å². The van der Waals surface area contributed by atoms with Crippen LogP contribution in [0.5, 0.6) is 0 Å². The van der Waals surface area contributed by atoms with Crippen molar-refractivity contribution < 1.29 is 14.3 Å². The molecule has 1 aliphatic carbocycles. The number of hydrogen-bond donors (Lipinski definition) is 1. The van der Waals surface area contributed by atoms with Gasteiger partial charge in [-0.2, -0.15) is 0 Å². The Balaban J connectivity index is 1.16. The molecule has 6 rings (SSSR count). The van der Waals surface area contributed by atoms with Crippen molar-refractivity contribution in [2.75, 3.05) is 31.1 Å². The van der Waals surface area contributed by atoms with Crippen molar-refractivity contribution in [3.8, 4) is 0 Å². The molecule has 40 heavy (non-hydrogen) atoms. The first-order valence-corrected chi connectivity index (χ1v) is 14.3. The lowest BCUT2D eigenvalue weighted by atomic mass is 10.1. The lowest BCUT2D eigenvalue weighted by Crippen LogP contribution is -2.47. The Morgan fingerprint density at radius 2 is 1.93 bits per heavy atom. The number of aliphatic imine (C=N–C) groups is 1. The topological polar surface area (TPSA) is 96.0 Å². The molecule has 1 saturated heterocycles. The third-order valence-corrected chi connectivity index (χ3v) is 8.58. The van der Waals surface area contributed by atoms with E-state index in [9.17, 15) is 14.7 Å². The van der Waals surface area contributed by atoms with Gasteiger partial charge in [-0.05, 0) is 54.9 Å². The Morgan fingerprint density at radius 3 is 2.60 bits per heavy atom. The fourth-order valence-electron chi connectivity index (χ4n) is 4.84. The van der Waals surface area contributed by atoms with E-state index in [2.05, 4.69) is 15.0 Å². The zero-order chi connectivity index (χ0) is 28.0. The van der Waals surface area contributed by atoms with E-state index in [1.165, 1.54) is 23.6 Å². The summed E-state index contributed by atoms with van der Waals surface area (Å²) in [6, 6.07) is 10.3. The Labute approximate surface area is 242 Å². The van der Waals surface area contributed by atoms with E-state index in [-0.39, 0.29) is 17.0 Å². The Hall–Kier alpha value is -3.45. The fraction of sp³-hybridized carbons (Fsp3) is 0.296. The molecule has 13 heteroatoms. The number of aromatic nitrogens is 3. The summed E-state index contributed by atoms with van der Waals surface area (Å²) in [5.74, 6) is -1.84. The molecular weight excluding hydrogens is 575 g/mol. The van der Waals surface area contributed by atoms with E-state index in [1.807, 2.05) is 21.6 Å². The highest BCUT2D eigenvalue weighted by molar-refractivity contribution is 7.73. The maximum absolute atomic E-state index is 15.3. The molecule has 2 fully saturated rings. The summed E-state index contributed by atoms with van der Waals surface area (Å²) in [4.78, 5) is 33.0. The number of pyridine rings is 1. The van der Waals surface area contributed by atoms with Crippen LogP contribution in [-0.4, -0.2) is 62.7 Å². The molecular formula is C27H24ClFN6O3S2. The zero-order valence-corrected chi connectivity index (χ0v) is 23.6. The van der Waals surface area contributed by atoms with Crippen LogP contribution in [0.1, 0.15) is 34.8 Å².